The molecule has 6 nitrogen and oxygen atoms in total. The minimum atomic E-state index is -2.73. The molecule has 1 N–H and O–H groups in total. The highest BCUT2D eigenvalue weighted by Gasteiger charge is 2.14. The topological polar surface area (TPSA) is 74.3 Å². The van der Waals surface area contributed by atoms with Crippen LogP contribution in [0, 0.1) is 4.78 Å². The fraction of sp³-hybridized carbons (Fsp3) is 0.0833. The third kappa shape index (κ3) is 3.59. The van der Waals surface area contributed by atoms with Gasteiger partial charge < -0.3 is 4.90 Å². The van der Waals surface area contributed by atoms with Crippen LogP contribution in [-0.4, -0.2) is 32.1 Å². The third-order valence-electron chi connectivity index (χ3n) is 5.57. The number of hydrogen-bond donors (Lipinski definition) is 1. The highest BCUT2D eigenvalue weighted by Crippen LogP contribution is 2.35. The highest BCUT2D eigenvalue weighted by molar-refractivity contribution is 7.91. The molecule has 5 rings (SSSR count). The van der Waals surface area contributed by atoms with Crippen LogP contribution in [-0.2, 0) is 9.73 Å². The molecule has 0 bridgehead atoms. The molecule has 0 aliphatic rings. The average Bonchev–Trinajstić information content (AvgIpc) is 3.26. The van der Waals surface area contributed by atoms with Crippen molar-refractivity contribution >= 4 is 49.3 Å². The maximum atomic E-state index is 12.0. The lowest BCUT2D eigenvalue weighted by Crippen LogP contribution is -2.11. The molecule has 1 unspecified atom stereocenters. The summed E-state index contributed by atoms with van der Waals surface area (Å²) in [6.07, 6.45) is 3.12. The van der Waals surface area contributed by atoms with Gasteiger partial charge in [-0.2, -0.15) is 0 Å². The van der Waals surface area contributed by atoms with Gasteiger partial charge >= 0.3 is 0 Å². The molecule has 1 atom stereocenters. The molecule has 0 radical (unpaired) electrons. The van der Waals surface area contributed by atoms with E-state index in [1.54, 1.807) is 18.5 Å². The molecule has 0 aliphatic carbocycles. The van der Waals surface area contributed by atoms with Gasteiger partial charge in [-0.15, -0.1) is 10.2 Å². The predicted molar refractivity (Wildman–Crippen MR) is 130 cm³/mol. The predicted octanol–water partition coefficient (Wildman–Crippen LogP) is 6.01. The van der Waals surface area contributed by atoms with Crippen molar-refractivity contribution in [2.45, 2.75) is 4.90 Å². The van der Waals surface area contributed by atoms with Gasteiger partial charge in [0.15, 0.2) is 5.65 Å². The van der Waals surface area contributed by atoms with E-state index in [0.717, 1.165) is 39.1 Å². The standard InChI is InChI=1S/C24H20ClN5OS/c1-29(22-14-24-28-27-15-30(24)23-13-18(25)8-11-21(22)23)19-5-3-4-17(12-19)16-6-9-20(10-7-16)32(2,26)31/h3-15,26H,1-2H3. The summed E-state index contributed by atoms with van der Waals surface area (Å²) >= 11 is 6.27. The van der Waals surface area contributed by atoms with Crippen LogP contribution < -0.4 is 4.90 Å². The normalized spacial score (nSPS) is 13.3. The molecule has 0 saturated heterocycles. The Morgan fingerprint density at radius 2 is 1.78 bits per heavy atom. The zero-order valence-electron chi connectivity index (χ0n) is 17.5. The Balaban J connectivity index is 1.60. The Morgan fingerprint density at radius 3 is 2.53 bits per heavy atom. The van der Waals surface area contributed by atoms with E-state index in [1.807, 2.05) is 60.0 Å². The van der Waals surface area contributed by atoms with Crippen LogP contribution >= 0.6 is 11.6 Å². The zero-order chi connectivity index (χ0) is 22.5. The molecule has 32 heavy (non-hydrogen) atoms. The van der Waals surface area contributed by atoms with E-state index >= 15 is 0 Å². The van der Waals surface area contributed by atoms with Gasteiger partial charge in [-0.05, 0) is 53.6 Å². The molecule has 2 heterocycles. The van der Waals surface area contributed by atoms with Gasteiger partial charge in [0.1, 0.15) is 6.33 Å². The minimum absolute atomic E-state index is 0.529. The number of pyridine rings is 1. The number of nitrogens with zero attached hydrogens (tertiary/aromatic N) is 4. The number of nitrogens with one attached hydrogen (secondary N) is 1. The molecular formula is C24H20ClN5OS. The molecule has 8 heteroatoms. The lowest BCUT2D eigenvalue weighted by Gasteiger charge is -2.22. The Labute approximate surface area is 191 Å². The van der Waals surface area contributed by atoms with Crippen molar-refractivity contribution < 1.29 is 4.21 Å². The summed E-state index contributed by atoms with van der Waals surface area (Å²) in [6, 6.07) is 23.4. The van der Waals surface area contributed by atoms with Gasteiger partial charge in [0.05, 0.1) is 20.9 Å². The summed E-state index contributed by atoms with van der Waals surface area (Å²) in [7, 11) is -0.708. The first-order valence-electron chi connectivity index (χ1n) is 9.91. The number of anilines is 2. The smallest absolute Gasteiger partial charge is 0.163 e. The van der Waals surface area contributed by atoms with Crippen molar-refractivity contribution in [3.63, 3.8) is 0 Å². The third-order valence-corrected chi connectivity index (χ3v) is 6.97. The summed E-state index contributed by atoms with van der Waals surface area (Å²) in [5, 5.41) is 9.97. The van der Waals surface area contributed by atoms with Crippen molar-refractivity contribution in [3.8, 4) is 11.1 Å². The molecule has 0 aliphatic heterocycles. The van der Waals surface area contributed by atoms with Gasteiger partial charge in [-0.1, -0.05) is 35.9 Å². The van der Waals surface area contributed by atoms with Crippen LogP contribution in [0.4, 0.5) is 11.4 Å². The van der Waals surface area contributed by atoms with Crippen LogP contribution in [0.2, 0.25) is 5.02 Å². The van der Waals surface area contributed by atoms with Gasteiger partial charge in [-0.25, -0.2) is 8.99 Å². The van der Waals surface area contributed by atoms with Crippen molar-refractivity contribution in [1.29, 1.82) is 4.78 Å². The number of aromatic nitrogens is 3. The molecule has 0 fully saturated rings. The first-order valence-corrected chi connectivity index (χ1v) is 12.3. The van der Waals surface area contributed by atoms with Gasteiger partial charge in [0.25, 0.3) is 0 Å². The van der Waals surface area contributed by atoms with E-state index in [9.17, 15) is 4.21 Å². The fourth-order valence-corrected chi connectivity index (χ4v) is 4.69. The summed E-state index contributed by atoms with van der Waals surface area (Å²) in [5.41, 5.74) is 5.71. The molecule has 5 aromatic rings. The Bertz CT molecular complexity index is 1580. The molecule has 0 spiro atoms. The summed E-state index contributed by atoms with van der Waals surface area (Å²) in [4.78, 5) is 2.65. The second-order valence-electron chi connectivity index (χ2n) is 7.73. The van der Waals surface area contributed by atoms with Crippen LogP contribution in [0.5, 0.6) is 0 Å². The number of hydrogen-bond acceptors (Lipinski definition) is 5. The molecule has 3 aromatic carbocycles. The van der Waals surface area contributed by atoms with Crippen molar-refractivity contribution in [1.82, 2.24) is 14.6 Å². The van der Waals surface area contributed by atoms with Crippen LogP contribution in [0.15, 0.2) is 84.0 Å². The summed E-state index contributed by atoms with van der Waals surface area (Å²) < 4.78 is 21.7. The van der Waals surface area contributed by atoms with Gasteiger partial charge in [0.2, 0.25) is 0 Å². The monoisotopic (exact) mass is 461 g/mol. The van der Waals surface area contributed by atoms with E-state index in [-0.39, 0.29) is 0 Å². The number of benzene rings is 3. The van der Waals surface area contributed by atoms with Crippen molar-refractivity contribution in [3.05, 3.63) is 84.1 Å². The highest BCUT2D eigenvalue weighted by atomic mass is 35.5. The zero-order valence-corrected chi connectivity index (χ0v) is 19.1. The molecule has 2 aromatic heterocycles. The quantitative estimate of drug-likeness (QED) is 0.356. The van der Waals surface area contributed by atoms with Crippen LogP contribution in [0.25, 0.3) is 27.7 Å². The van der Waals surface area contributed by atoms with E-state index < -0.39 is 9.73 Å². The van der Waals surface area contributed by atoms with E-state index in [4.69, 9.17) is 16.4 Å². The molecule has 0 saturated carbocycles. The Kier molecular flexibility index (Phi) is 4.87. The number of rotatable bonds is 4. The summed E-state index contributed by atoms with van der Waals surface area (Å²) in [5.74, 6) is 0. The first kappa shape index (κ1) is 20.5. The first-order chi connectivity index (χ1) is 15.3. The fourth-order valence-electron chi connectivity index (χ4n) is 3.87. The summed E-state index contributed by atoms with van der Waals surface area (Å²) in [6.45, 7) is 0. The number of halogens is 1. The molecular weight excluding hydrogens is 442 g/mol. The maximum absolute atomic E-state index is 12.0. The van der Waals surface area contributed by atoms with E-state index in [2.05, 4.69) is 27.2 Å². The number of fused-ring (bicyclic) bond motifs is 3. The minimum Gasteiger partial charge on any atom is -0.344 e. The van der Waals surface area contributed by atoms with Crippen LogP contribution in [0.3, 0.4) is 0 Å². The molecule has 160 valence electrons. The Morgan fingerprint density at radius 1 is 1.00 bits per heavy atom. The second kappa shape index (κ2) is 7.62. The molecule has 0 amide bonds. The van der Waals surface area contributed by atoms with Crippen LogP contribution in [0.1, 0.15) is 0 Å². The Hall–Kier alpha value is -3.42. The largest absolute Gasteiger partial charge is 0.344 e. The SMILES string of the molecule is CN(c1cccc(-c2ccc(S(C)(=N)=O)cc2)c1)c1cc2nncn2c2cc(Cl)ccc12. The lowest BCUT2D eigenvalue weighted by atomic mass is 10.0. The second-order valence-corrected chi connectivity index (χ2v) is 10.3. The van der Waals surface area contributed by atoms with E-state index in [1.165, 1.54) is 6.26 Å². The maximum Gasteiger partial charge on any atom is 0.163 e. The lowest BCUT2D eigenvalue weighted by molar-refractivity contribution is 0.679. The van der Waals surface area contributed by atoms with Gasteiger partial charge in [0, 0.05) is 40.4 Å². The van der Waals surface area contributed by atoms with Crippen molar-refractivity contribution in [2.24, 2.45) is 0 Å². The van der Waals surface area contributed by atoms with E-state index in [0.29, 0.717) is 9.92 Å². The van der Waals surface area contributed by atoms with Crippen molar-refractivity contribution in [2.75, 3.05) is 18.2 Å². The average molecular weight is 462 g/mol. The van der Waals surface area contributed by atoms with Gasteiger partial charge in [-0.3, -0.25) is 4.40 Å².